The zero-order chi connectivity index (χ0) is 20.8. The van der Waals surface area contributed by atoms with Crippen molar-refractivity contribution in [3.63, 3.8) is 0 Å². The summed E-state index contributed by atoms with van der Waals surface area (Å²) < 4.78 is 5.34. The molecule has 0 radical (unpaired) electrons. The van der Waals surface area contributed by atoms with E-state index >= 15 is 0 Å². The van der Waals surface area contributed by atoms with Crippen molar-refractivity contribution in [2.75, 3.05) is 39.8 Å². The van der Waals surface area contributed by atoms with Gasteiger partial charge in [0.1, 0.15) is 5.76 Å². The van der Waals surface area contributed by atoms with E-state index in [2.05, 4.69) is 44.6 Å². The standard InChI is InChI=1S/C23H33N5OS/c1-27(10-8-20-5-2-3-9-24-20)16-19-17-28-11-7-18(19)13-21(28)14-25-23(30)26-15-22-6-4-12-29-22/h2-6,9,12,18-19,21H,7-8,10-11,13-17H2,1H3,(H2,25,26,30). The lowest BCUT2D eigenvalue weighted by Crippen LogP contribution is -2.58. The summed E-state index contributed by atoms with van der Waals surface area (Å²) in [6, 6.07) is 10.6. The van der Waals surface area contributed by atoms with Gasteiger partial charge in [0.25, 0.3) is 0 Å². The quantitative estimate of drug-likeness (QED) is 0.597. The van der Waals surface area contributed by atoms with Crippen LogP contribution in [0.1, 0.15) is 24.3 Å². The molecule has 3 fully saturated rings. The number of piperidine rings is 3. The first-order valence-electron chi connectivity index (χ1n) is 11.0. The van der Waals surface area contributed by atoms with Gasteiger partial charge in [-0.15, -0.1) is 0 Å². The minimum atomic E-state index is 0.585. The van der Waals surface area contributed by atoms with Crippen molar-refractivity contribution in [1.29, 1.82) is 0 Å². The number of thiocarbonyl (C=S) groups is 1. The molecule has 5 heterocycles. The smallest absolute Gasteiger partial charge is 0.166 e. The molecule has 5 rings (SSSR count). The van der Waals surface area contributed by atoms with Gasteiger partial charge in [0, 0.05) is 50.5 Å². The van der Waals surface area contributed by atoms with Crippen LogP contribution in [0.25, 0.3) is 0 Å². The summed E-state index contributed by atoms with van der Waals surface area (Å²) in [7, 11) is 2.25. The van der Waals surface area contributed by atoms with Gasteiger partial charge in [-0.2, -0.15) is 0 Å². The molecule has 3 aliphatic rings. The van der Waals surface area contributed by atoms with E-state index in [9.17, 15) is 0 Å². The Kier molecular flexibility index (Phi) is 7.36. The van der Waals surface area contributed by atoms with Gasteiger partial charge in [-0.05, 0) is 74.8 Å². The Morgan fingerprint density at radius 2 is 2.23 bits per heavy atom. The molecule has 4 atom stereocenters. The summed E-state index contributed by atoms with van der Waals surface area (Å²) in [4.78, 5) is 9.60. The Balaban J connectivity index is 1.17. The van der Waals surface area contributed by atoms with Crippen molar-refractivity contribution in [1.82, 2.24) is 25.4 Å². The fraction of sp³-hybridized carbons (Fsp3) is 0.565. The van der Waals surface area contributed by atoms with Crippen LogP contribution in [0.15, 0.2) is 47.2 Å². The molecule has 0 amide bonds. The molecule has 30 heavy (non-hydrogen) atoms. The zero-order valence-corrected chi connectivity index (χ0v) is 18.6. The number of nitrogens with zero attached hydrogens (tertiary/aromatic N) is 3. The van der Waals surface area contributed by atoms with Crippen LogP contribution in [0.4, 0.5) is 0 Å². The molecule has 162 valence electrons. The van der Waals surface area contributed by atoms with E-state index in [-0.39, 0.29) is 0 Å². The van der Waals surface area contributed by atoms with Crippen molar-refractivity contribution >= 4 is 17.3 Å². The number of pyridine rings is 1. The Labute approximate surface area is 185 Å². The van der Waals surface area contributed by atoms with E-state index in [0.29, 0.717) is 17.7 Å². The molecule has 3 aliphatic heterocycles. The number of aromatic nitrogens is 1. The van der Waals surface area contributed by atoms with Crippen LogP contribution >= 0.6 is 12.2 Å². The highest BCUT2D eigenvalue weighted by Gasteiger charge is 2.40. The third kappa shape index (κ3) is 5.80. The van der Waals surface area contributed by atoms with Gasteiger partial charge < -0.3 is 20.0 Å². The van der Waals surface area contributed by atoms with Crippen LogP contribution < -0.4 is 10.6 Å². The van der Waals surface area contributed by atoms with E-state index < -0.39 is 0 Å². The van der Waals surface area contributed by atoms with Gasteiger partial charge in [0.05, 0.1) is 12.8 Å². The van der Waals surface area contributed by atoms with Crippen LogP contribution in [-0.2, 0) is 13.0 Å². The number of hydrogen-bond donors (Lipinski definition) is 2. The van der Waals surface area contributed by atoms with Crippen molar-refractivity contribution in [2.45, 2.75) is 31.8 Å². The average Bonchev–Trinajstić information content (AvgIpc) is 3.30. The maximum Gasteiger partial charge on any atom is 0.166 e. The first kappa shape index (κ1) is 21.3. The molecule has 0 aromatic carbocycles. The van der Waals surface area contributed by atoms with E-state index in [1.807, 2.05) is 24.4 Å². The van der Waals surface area contributed by atoms with E-state index in [4.69, 9.17) is 16.6 Å². The first-order valence-corrected chi connectivity index (χ1v) is 11.4. The maximum absolute atomic E-state index is 5.44. The van der Waals surface area contributed by atoms with Crippen molar-refractivity contribution < 1.29 is 4.42 Å². The molecule has 2 N–H and O–H groups in total. The summed E-state index contributed by atoms with van der Waals surface area (Å²) in [6.07, 6.45) is 7.19. The summed E-state index contributed by atoms with van der Waals surface area (Å²) in [5.41, 5.74) is 1.18. The predicted molar refractivity (Wildman–Crippen MR) is 123 cm³/mol. The second kappa shape index (κ2) is 10.4. The molecule has 0 aliphatic carbocycles. The molecule has 2 aromatic rings. The predicted octanol–water partition coefficient (Wildman–Crippen LogP) is 2.52. The molecule has 6 nitrogen and oxygen atoms in total. The topological polar surface area (TPSA) is 56.6 Å². The van der Waals surface area contributed by atoms with Crippen molar-refractivity contribution in [2.24, 2.45) is 11.8 Å². The van der Waals surface area contributed by atoms with Crippen molar-refractivity contribution in [3.05, 3.63) is 54.2 Å². The summed E-state index contributed by atoms with van der Waals surface area (Å²) in [5.74, 6) is 2.49. The molecule has 3 saturated heterocycles. The SMILES string of the molecule is CN(CCc1ccccn1)CC1CN2CCC1CC2CNC(=S)NCc1ccco1. The lowest BCUT2D eigenvalue weighted by Gasteiger charge is -2.50. The second-order valence-corrected chi connectivity index (χ2v) is 9.08. The molecule has 2 aromatic heterocycles. The molecule has 2 bridgehead atoms. The summed E-state index contributed by atoms with van der Waals surface area (Å²) >= 11 is 5.44. The normalized spacial score (nSPS) is 25.4. The van der Waals surface area contributed by atoms with E-state index in [1.54, 1.807) is 6.26 Å². The molecule has 0 spiro atoms. The van der Waals surface area contributed by atoms with Gasteiger partial charge >= 0.3 is 0 Å². The third-order valence-corrected chi connectivity index (χ3v) is 6.83. The number of rotatable bonds is 9. The van der Waals surface area contributed by atoms with E-state index in [1.165, 1.54) is 38.2 Å². The number of furan rings is 1. The monoisotopic (exact) mass is 427 g/mol. The maximum atomic E-state index is 5.44. The zero-order valence-electron chi connectivity index (χ0n) is 17.8. The summed E-state index contributed by atoms with van der Waals surface area (Å²) in [5, 5.41) is 7.35. The minimum Gasteiger partial charge on any atom is -0.467 e. The van der Waals surface area contributed by atoms with Gasteiger partial charge in [-0.3, -0.25) is 9.88 Å². The van der Waals surface area contributed by atoms with Crippen LogP contribution in [0, 0.1) is 11.8 Å². The number of nitrogens with one attached hydrogen (secondary N) is 2. The second-order valence-electron chi connectivity index (χ2n) is 8.67. The Morgan fingerprint density at radius 1 is 1.30 bits per heavy atom. The largest absolute Gasteiger partial charge is 0.467 e. The Bertz CT molecular complexity index is 784. The molecular weight excluding hydrogens is 394 g/mol. The Hall–Kier alpha value is -1.96. The van der Waals surface area contributed by atoms with Crippen molar-refractivity contribution in [3.8, 4) is 0 Å². The average molecular weight is 428 g/mol. The fourth-order valence-corrected chi connectivity index (χ4v) is 5.02. The minimum absolute atomic E-state index is 0.585. The number of likely N-dealkylation sites (N-methyl/N-ethyl adjacent to an activating group) is 1. The Morgan fingerprint density at radius 3 is 2.97 bits per heavy atom. The lowest BCUT2D eigenvalue weighted by molar-refractivity contribution is -0.00763. The molecule has 4 unspecified atom stereocenters. The molecule has 7 heteroatoms. The first-order chi connectivity index (χ1) is 14.7. The van der Waals surface area contributed by atoms with Gasteiger partial charge in [0.2, 0.25) is 0 Å². The van der Waals surface area contributed by atoms with Crippen LogP contribution in [0.2, 0.25) is 0 Å². The van der Waals surface area contributed by atoms with Crippen LogP contribution in [0.3, 0.4) is 0 Å². The fourth-order valence-electron chi connectivity index (χ4n) is 4.87. The van der Waals surface area contributed by atoms with Gasteiger partial charge in [0.15, 0.2) is 5.11 Å². The van der Waals surface area contributed by atoms with Gasteiger partial charge in [-0.25, -0.2) is 0 Å². The van der Waals surface area contributed by atoms with Gasteiger partial charge in [-0.1, -0.05) is 6.07 Å². The van der Waals surface area contributed by atoms with Crippen LogP contribution in [0.5, 0.6) is 0 Å². The lowest BCUT2D eigenvalue weighted by atomic mass is 9.75. The third-order valence-electron chi connectivity index (χ3n) is 6.54. The van der Waals surface area contributed by atoms with E-state index in [0.717, 1.165) is 37.1 Å². The molecule has 0 saturated carbocycles. The highest BCUT2D eigenvalue weighted by atomic mass is 32.1. The highest BCUT2D eigenvalue weighted by molar-refractivity contribution is 7.80. The summed E-state index contributed by atoms with van der Waals surface area (Å²) in [6.45, 7) is 6.22. The highest BCUT2D eigenvalue weighted by Crippen LogP contribution is 2.36. The molecular formula is C23H33N5OS. The number of fused-ring (bicyclic) bond motifs is 3. The van der Waals surface area contributed by atoms with Crippen LogP contribution in [-0.4, -0.2) is 65.7 Å². The number of hydrogen-bond acceptors (Lipinski definition) is 5.